The maximum Gasteiger partial charge on any atom is 0.322 e. The summed E-state index contributed by atoms with van der Waals surface area (Å²) in [7, 11) is 0. The highest BCUT2D eigenvalue weighted by Crippen LogP contribution is 2.45. The van der Waals surface area contributed by atoms with Gasteiger partial charge >= 0.3 is 11.9 Å². The Hall–Kier alpha value is -7.98. The highest BCUT2D eigenvalue weighted by Gasteiger charge is 2.39. The summed E-state index contributed by atoms with van der Waals surface area (Å²) in [6.07, 6.45) is 7.10. The Morgan fingerprint density at radius 3 is 0.827 bits per heavy atom. The van der Waals surface area contributed by atoms with Crippen LogP contribution in [0, 0.1) is 65.2 Å². The molecule has 104 heavy (non-hydrogen) atoms. The van der Waals surface area contributed by atoms with E-state index in [1.165, 1.54) is 22.3 Å². The third-order valence-corrected chi connectivity index (χ3v) is 23.1. The lowest BCUT2D eigenvalue weighted by Crippen LogP contribution is -2.46. The molecule has 0 aliphatic heterocycles. The lowest BCUT2D eigenvalue weighted by molar-refractivity contribution is -0.136. The lowest BCUT2D eigenvalue weighted by atomic mass is 9.69. The number of aryl methyl sites for hydroxylation is 6. The number of benzene rings is 6. The molecule has 6 aromatic carbocycles. The molecular weight excluding hydrogens is 1300 g/mol. The van der Waals surface area contributed by atoms with Gasteiger partial charge < -0.3 is 45.6 Å². The van der Waals surface area contributed by atoms with Crippen LogP contribution in [0.4, 0.5) is 0 Å². The Labute approximate surface area is 622 Å². The van der Waals surface area contributed by atoms with Crippen LogP contribution in [0.1, 0.15) is 290 Å². The molecule has 0 aromatic heterocycles. The average molecular weight is 1430 g/mol. The van der Waals surface area contributed by atoms with E-state index in [2.05, 4.69) is 101 Å². The van der Waals surface area contributed by atoms with Gasteiger partial charge in [-0.1, -0.05) is 203 Å². The second kappa shape index (κ2) is 38.3. The number of hydrogen-bond donors (Lipinski definition) is 7. The Morgan fingerprint density at radius 1 is 0.356 bits per heavy atom. The van der Waals surface area contributed by atoms with Crippen molar-refractivity contribution in [2.45, 2.75) is 257 Å². The number of carboxylic acid groups (broad SMARTS) is 2. The number of rotatable bonds is 35. The molecule has 0 fully saturated rings. The van der Waals surface area contributed by atoms with Crippen molar-refractivity contribution >= 4 is 35.3 Å². The van der Waals surface area contributed by atoms with Crippen LogP contribution in [0.2, 0.25) is 0 Å². The third-order valence-electron chi connectivity index (χ3n) is 23.1. The van der Waals surface area contributed by atoms with Gasteiger partial charge in [-0.25, -0.2) is 0 Å². The molecule has 0 heterocycles. The molecular formula is C89H126N2O13. The van der Waals surface area contributed by atoms with E-state index in [0.717, 1.165) is 100 Å². The molecule has 2 amide bonds. The maximum absolute atomic E-state index is 13.0. The number of aliphatic carboxylic acids is 2. The Balaban J connectivity index is 0.000000331. The van der Waals surface area contributed by atoms with Gasteiger partial charge in [-0.15, -0.1) is 0 Å². The van der Waals surface area contributed by atoms with E-state index < -0.39 is 41.8 Å². The van der Waals surface area contributed by atoms with Crippen LogP contribution in [0.15, 0.2) is 109 Å². The zero-order valence-electron chi connectivity index (χ0n) is 67.1. The maximum atomic E-state index is 13.0. The van der Waals surface area contributed by atoms with E-state index in [0.29, 0.717) is 36.0 Å². The average Bonchev–Trinajstić information content (AvgIpc) is 0.782. The monoisotopic (exact) mass is 1430 g/mol. The van der Waals surface area contributed by atoms with Crippen molar-refractivity contribution in [1.82, 2.24) is 10.6 Å². The van der Waals surface area contributed by atoms with Gasteiger partial charge in [0.1, 0.15) is 49.0 Å². The standard InChI is InChI=1S/2C30H43NO5.C29H40O3/c2*1-9-29(10-2,23-11-13-25(21(7)15-23)28(34)31-17-27(32)33)24-12-14-26(22(8)16-24)36-18-30(35,19(3)4)20(5)6;1-8-26(30)24-15-13-22(17-20(24)6)29(11-4,12-5)23-14-16-25(21(7)18-23)27(31)19-28(32,9-2)10-3/h2*11-16,19-20,35H,9-10,17-18H2,1-8H3,(H,31,34)(H,32,33);13-18,32H,8-12,19H2,1-7H3. The number of carbonyl (C=O) groups is 6. The minimum Gasteiger partial charge on any atom is -0.490 e. The smallest absolute Gasteiger partial charge is 0.322 e. The van der Waals surface area contributed by atoms with Crippen molar-refractivity contribution in [2.24, 2.45) is 23.7 Å². The SMILES string of the molecule is CCC(=O)c1ccc(C(CC)(CC)c2ccc(C(=O)CC(O)(CC)CC)c(C)c2)cc1C.CCC(CC)(c1ccc(OCC(O)(C(C)C)C(C)C)c(C)c1)c1ccc(C(=O)NCC(=O)O)c(C)c1.CCC(CC)(c1ccc(OCC(O)(C(C)C)C(C)C)c(C)c1)c1ccc(C(=O)NCC(=O)O)c(C)c1. The molecule has 0 atom stereocenters. The number of Topliss-reactive ketones (excluding diaryl/α,β-unsaturated/α-hetero) is 2. The number of amides is 2. The molecule has 570 valence electrons. The van der Waals surface area contributed by atoms with E-state index in [4.69, 9.17) is 19.7 Å². The van der Waals surface area contributed by atoms with Crippen molar-refractivity contribution in [3.05, 3.63) is 198 Å². The van der Waals surface area contributed by atoms with Gasteiger partial charge in [0, 0.05) is 51.3 Å². The number of hydrogen-bond acceptors (Lipinski definition) is 11. The van der Waals surface area contributed by atoms with E-state index in [1.807, 2.05) is 166 Å². The summed E-state index contributed by atoms with van der Waals surface area (Å²) >= 11 is 0. The van der Waals surface area contributed by atoms with Crippen molar-refractivity contribution in [1.29, 1.82) is 0 Å². The molecule has 0 radical (unpaired) electrons. The van der Waals surface area contributed by atoms with Crippen molar-refractivity contribution in [3.8, 4) is 11.5 Å². The van der Waals surface area contributed by atoms with Gasteiger partial charge in [-0.2, -0.15) is 0 Å². The molecule has 0 unspecified atom stereocenters. The Kier molecular flexibility index (Phi) is 32.6. The second-order valence-electron chi connectivity index (χ2n) is 30.1. The largest absolute Gasteiger partial charge is 0.490 e. The molecule has 0 saturated heterocycles. The van der Waals surface area contributed by atoms with Gasteiger partial charge in [0.15, 0.2) is 11.6 Å². The van der Waals surface area contributed by atoms with E-state index >= 15 is 0 Å². The first-order chi connectivity index (χ1) is 48.7. The summed E-state index contributed by atoms with van der Waals surface area (Å²) in [4.78, 5) is 71.7. The number of ether oxygens (including phenoxy) is 2. The van der Waals surface area contributed by atoms with E-state index in [1.54, 1.807) is 12.1 Å². The van der Waals surface area contributed by atoms with Crippen LogP contribution < -0.4 is 20.1 Å². The molecule has 0 spiro atoms. The van der Waals surface area contributed by atoms with Crippen molar-refractivity contribution < 1.29 is 63.8 Å². The lowest BCUT2D eigenvalue weighted by Gasteiger charge is -2.36. The van der Waals surface area contributed by atoms with Crippen LogP contribution in [0.3, 0.4) is 0 Å². The number of aliphatic hydroxyl groups is 3. The summed E-state index contributed by atoms with van der Waals surface area (Å²) < 4.78 is 12.3. The fraction of sp³-hybridized carbons (Fsp3) is 0.528. The number of carboxylic acids is 2. The molecule has 6 rings (SSSR count). The molecule has 15 heteroatoms. The molecule has 6 aromatic rings. The molecule has 0 saturated carbocycles. The predicted octanol–water partition coefficient (Wildman–Crippen LogP) is 18.4. The van der Waals surface area contributed by atoms with Crippen LogP contribution in [0.25, 0.3) is 0 Å². The van der Waals surface area contributed by atoms with Gasteiger partial charge in [-0.3, -0.25) is 28.8 Å². The molecule has 0 aliphatic carbocycles. The number of nitrogens with one attached hydrogen (secondary N) is 2. The predicted molar refractivity (Wildman–Crippen MR) is 420 cm³/mol. The highest BCUT2D eigenvalue weighted by atomic mass is 16.5. The first kappa shape index (κ1) is 88.4. The van der Waals surface area contributed by atoms with Crippen LogP contribution >= 0.6 is 0 Å². The molecule has 7 N–H and O–H groups in total. The minimum absolute atomic E-state index is 0.00266. The fourth-order valence-corrected chi connectivity index (χ4v) is 14.9. The fourth-order valence-electron chi connectivity index (χ4n) is 14.9. The highest BCUT2D eigenvalue weighted by molar-refractivity contribution is 5.99. The van der Waals surface area contributed by atoms with Crippen LogP contribution in [0.5, 0.6) is 11.5 Å². The quantitative estimate of drug-likeness (QED) is 0.0183. The molecule has 0 bridgehead atoms. The van der Waals surface area contributed by atoms with E-state index in [-0.39, 0.29) is 82.9 Å². The normalized spacial score (nSPS) is 12.2. The molecule has 15 nitrogen and oxygen atoms in total. The number of ketones is 2. The molecule has 0 aliphatic rings. The zero-order valence-corrected chi connectivity index (χ0v) is 67.1. The summed E-state index contributed by atoms with van der Waals surface area (Å²) in [5.41, 5.74) is 11.6. The summed E-state index contributed by atoms with van der Waals surface area (Å²) in [6.45, 7) is 46.3. The van der Waals surface area contributed by atoms with Gasteiger partial charge in [0.05, 0.1) is 5.60 Å². The Bertz CT molecular complexity index is 3710. The summed E-state index contributed by atoms with van der Waals surface area (Å²) in [5.74, 6) is -0.941. The van der Waals surface area contributed by atoms with Gasteiger partial charge in [0.25, 0.3) is 11.8 Å². The first-order valence-electron chi connectivity index (χ1n) is 37.9. The topological polar surface area (TPSA) is 246 Å². The number of carbonyl (C=O) groups excluding carboxylic acids is 4. The van der Waals surface area contributed by atoms with Crippen molar-refractivity contribution in [2.75, 3.05) is 26.3 Å². The Morgan fingerprint density at radius 2 is 0.606 bits per heavy atom. The van der Waals surface area contributed by atoms with Gasteiger partial charge in [-0.05, 0) is 208 Å². The van der Waals surface area contributed by atoms with Crippen LogP contribution in [-0.2, 0) is 25.8 Å². The van der Waals surface area contributed by atoms with Gasteiger partial charge in [0.2, 0.25) is 0 Å². The van der Waals surface area contributed by atoms with E-state index in [9.17, 15) is 44.1 Å². The second-order valence-corrected chi connectivity index (χ2v) is 30.1. The van der Waals surface area contributed by atoms with Crippen molar-refractivity contribution in [3.63, 3.8) is 0 Å². The van der Waals surface area contributed by atoms with Crippen LogP contribution in [-0.4, -0.2) is 104 Å². The third kappa shape index (κ3) is 20.5. The zero-order chi connectivity index (χ0) is 78.6. The summed E-state index contributed by atoms with van der Waals surface area (Å²) in [6, 6.07) is 36.5. The first-order valence-corrected chi connectivity index (χ1v) is 37.9. The summed E-state index contributed by atoms with van der Waals surface area (Å²) in [5, 5.41) is 55.4. The minimum atomic E-state index is -1.07.